The molecular formula is C21H26N2O3S. The molecule has 1 saturated heterocycles. The van der Waals surface area contributed by atoms with Gasteiger partial charge in [-0.15, -0.1) is 0 Å². The van der Waals surface area contributed by atoms with Crippen molar-refractivity contribution in [2.45, 2.75) is 43.9 Å². The summed E-state index contributed by atoms with van der Waals surface area (Å²) in [6.07, 6.45) is 3.64. The smallest absolute Gasteiger partial charge is 0.243 e. The molecule has 0 bridgehead atoms. The van der Waals surface area contributed by atoms with Crippen molar-refractivity contribution < 1.29 is 13.2 Å². The van der Waals surface area contributed by atoms with Gasteiger partial charge in [-0.1, -0.05) is 37.3 Å². The molecule has 0 saturated carbocycles. The van der Waals surface area contributed by atoms with Crippen molar-refractivity contribution in [1.29, 1.82) is 0 Å². The number of nitrogens with zero attached hydrogens (tertiary/aromatic N) is 1. The van der Waals surface area contributed by atoms with Gasteiger partial charge >= 0.3 is 0 Å². The summed E-state index contributed by atoms with van der Waals surface area (Å²) >= 11 is 0. The third kappa shape index (κ3) is 4.76. The number of hydrogen-bond acceptors (Lipinski definition) is 3. The summed E-state index contributed by atoms with van der Waals surface area (Å²) in [5, 5.41) is 2.96. The molecule has 0 radical (unpaired) electrons. The monoisotopic (exact) mass is 386 g/mol. The first kappa shape index (κ1) is 19.6. The lowest BCUT2D eigenvalue weighted by Crippen LogP contribution is -2.27. The van der Waals surface area contributed by atoms with Gasteiger partial charge in [-0.05, 0) is 55.0 Å². The fourth-order valence-corrected chi connectivity index (χ4v) is 4.84. The van der Waals surface area contributed by atoms with E-state index in [0.29, 0.717) is 30.8 Å². The molecule has 27 heavy (non-hydrogen) atoms. The zero-order chi connectivity index (χ0) is 19.3. The van der Waals surface area contributed by atoms with Crippen LogP contribution < -0.4 is 5.32 Å². The lowest BCUT2D eigenvalue weighted by Gasteiger charge is -2.15. The topological polar surface area (TPSA) is 66.5 Å². The summed E-state index contributed by atoms with van der Waals surface area (Å²) in [6.45, 7) is 3.26. The minimum atomic E-state index is -3.38. The maximum atomic E-state index is 12.5. The molecule has 0 unspecified atom stereocenters. The van der Waals surface area contributed by atoms with Crippen LogP contribution in [-0.4, -0.2) is 31.7 Å². The quantitative estimate of drug-likeness (QED) is 0.791. The number of carbonyl (C=O) groups excluding carboxylic acids is 1. The van der Waals surface area contributed by atoms with Crippen molar-refractivity contribution in [3.63, 3.8) is 0 Å². The number of benzene rings is 2. The van der Waals surface area contributed by atoms with Crippen molar-refractivity contribution in [3.05, 3.63) is 59.7 Å². The van der Waals surface area contributed by atoms with Crippen LogP contribution in [0.3, 0.4) is 0 Å². The molecule has 0 aliphatic carbocycles. The van der Waals surface area contributed by atoms with Crippen LogP contribution in [0.2, 0.25) is 0 Å². The summed E-state index contributed by atoms with van der Waals surface area (Å²) in [5.41, 5.74) is 2.92. The first-order valence-electron chi connectivity index (χ1n) is 9.47. The highest BCUT2D eigenvalue weighted by molar-refractivity contribution is 7.89. The van der Waals surface area contributed by atoms with E-state index in [1.807, 2.05) is 24.3 Å². The molecule has 1 aliphatic rings. The predicted molar refractivity (Wildman–Crippen MR) is 107 cm³/mol. The normalized spacial score (nSPS) is 15.0. The number of rotatable bonds is 7. The van der Waals surface area contributed by atoms with E-state index in [9.17, 15) is 13.2 Å². The molecule has 0 spiro atoms. The standard InChI is InChI=1S/C21H26N2O3S/c1-2-18-7-3-4-8-20(18)22-21(24)14-11-17-9-12-19(13-10-17)27(25,26)23-15-5-6-16-23/h3-4,7-10,12-13H,2,5-6,11,14-16H2,1H3,(H,22,24). The number of nitrogens with one attached hydrogen (secondary N) is 1. The van der Waals surface area contributed by atoms with Crippen LogP contribution >= 0.6 is 0 Å². The zero-order valence-corrected chi connectivity index (χ0v) is 16.5. The molecule has 0 aromatic heterocycles. The third-order valence-corrected chi connectivity index (χ3v) is 6.85. The average Bonchev–Trinajstić information content (AvgIpc) is 3.23. The first-order chi connectivity index (χ1) is 13.0. The van der Waals surface area contributed by atoms with Crippen LogP contribution in [0.25, 0.3) is 0 Å². The van der Waals surface area contributed by atoms with E-state index in [1.165, 1.54) is 0 Å². The summed E-state index contributed by atoms with van der Waals surface area (Å²) < 4.78 is 26.6. The molecule has 2 aromatic carbocycles. The van der Waals surface area contributed by atoms with Gasteiger partial charge in [-0.25, -0.2) is 8.42 Å². The van der Waals surface area contributed by atoms with Crippen LogP contribution in [-0.2, 0) is 27.7 Å². The zero-order valence-electron chi connectivity index (χ0n) is 15.6. The van der Waals surface area contributed by atoms with Crippen LogP contribution in [0.5, 0.6) is 0 Å². The second-order valence-electron chi connectivity index (χ2n) is 6.81. The lowest BCUT2D eigenvalue weighted by atomic mass is 10.1. The average molecular weight is 387 g/mol. The Hall–Kier alpha value is -2.18. The Kier molecular flexibility index (Phi) is 6.29. The molecule has 144 valence electrons. The molecule has 3 rings (SSSR count). The van der Waals surface area contributed by atoms with E-state index in [1.54, 1.807) is 28.6 Å². The van der Waals surface area contributed by atoms with Gasteiger partial charge in [0.15, 0.2) is 0 Å². The predicted octanol–water partition coefficient (Wildman–Crippen LogP) is 3.60. The molecule has 5 nitrogen and oxygen atoms in total. The van der Waals surface area contributed by atoms with Crippen molar-refractivity contribution in [2.75, 3.05) is 18.4 Å². The molecule has 1 fully saturated rings. The van der Waals surface area contributed by atoms with Gasteiger partial charge in [0.25, 0.3) is 0 Å². The van der Waals surface area contributed by atoms with E-state index in [-0.39, 0.29) is 5.91 Å². The van der Waals surface area contributed by atoms with Crippen molar-refractivity contribution >= 4 is 21.6 Å². The van der Waals surface area contributed by atoms with Gasteiger partial charge in [0.2, 0.25) is 15.9 Å². The van der Waals surface area contributed by atoms with E-state index < -0.39 is 10.0 Å². The van der Waals surface area contributed by atoms with E-state index in [4.69, 9.17) is 0 Å². The summed E-state index contributed by atoms with van der Waals surface area (Å²) in [5.74, 6) is -0.0373. The number of aryl methyl sites for hydroxylation is 2. The second-order valence-corrected chi connectivity index (χ2v) is 8.75. The van der Waals surface area contributed by atoms with Gasteiger partial charge in [-0.2, -0.15) is 4.31 Å². The fourth-order valence-electron chi connectivity index (χ4n) is 3.33. The number of carbonyl (C=O) groups is 1. The van der Waals surface area contributed by atoms with Gasteiger partial charge in [0.05, 0.1) is 4.90 Å². The molecule has 0 atom stereocenters. The minimum Gasteiger partial charge on any atom is -0.326 e. The lowest BCUT2D eigenvalue weighted by molar-refractivity contribution is -0.116. The number of anilines is 1. The Morgan fingerprint density at radius 1 is 1.04 bits per heavy atom. The van der Waals surface area contributed by atoms with Gasteiger partial charge in [0.1, 0.15) is 0 Å². The Bertz CT molecular complexity index is 886. The van der Waals surface area contributed by atoms with Gasteiger partial charge < -0.3 is 5.32 Å². The molecule has 1 aliphatic heterocycles. The molecule has 1 amide bonds. The Morgan fingerprint density at radius 2 is 1.70 bits per heavy atom. The molecule has 1 heterocycles. The summed E-state index contributed by atoms with van der Waals surface area (Å²) in [4.78, 5) is 12.6. The fraction of sp³-hybridized carbons (Fsp3) is 0.381. The first-order valence-corrected chi connectivity index (χ1v) is 10.9. The largest absolute Gasteiger partial charge is 0.326 e. The van der Waals surface area contributed by atoms with E-state index >= 15 is 0 Å². The van der Waals surface area contributed by atoms with Crippen LogP contribution in [0, 0.1) is 0 Å². The number of hydrogen-bond donors (Lipinski definition) is 1. The van der Waals surface area contributed by atoms with Crippen LogP contribution in [0.15, 0.2) is 53.4 Å². The van der Waals surface area contributed by atoms with E-state index in [2.05, 4.69) is 12.2 Å². The van der Waals surface area contributed by atoms with Crippen molar-refractivity contribution in [2.24, 2.45) is 0 Å². The highest BCUT2D eigenvalue weighted by Crippen LogP contribution is 2.21. The van der Waals surface area contributed by atoms with Gasteiger partial charge in [-0.3, -0.25) is 4.79 Å². The van der Waals surface area contributed by atoms with Crippen LogP contribution in [0.1, 0.15) is 37.3 Å². The SMILES string of the molecule is CCc1ccccc1NC(=O)CCc1ccc(S(=O)(=O)N2CCCC2)cc1. The maximum Gasteiger partial charge on any atom is 0.243 e. The minimum absolute atomic E-state index is 0.0373. The van der Waals surface area contributed by atoms with Crippen LogP contribution in [0.4, 0.5) is 5.69 Å². The molecule has 6 heteroatoms. The van der Waals surface area contributed by atoms with Crippen molar-refractivity contribution in [1.82, 2.24) is 4.31 Å². The maximum absolute atomic E-state index is 12.5. The summed E-state index contributed by atoms with van der Waals surface area (Å²) in [6, 6.07) is 14.7. The molecular weight excluding hydrogens is 360 g/mol. The Balaban J connectivity index is 1.58. The molecule has 1 N–H and O–H groups in total. The summed E-state index contributed by atoms with van der Waals surface area (Å²) in [7, 11) is -3.38. The van der Waals surface area contributed by atoms with E-state index in [0.717, 1.165) is 36.1 Å². The number of sulfonamides is 1. The second kappa shape index (κ2) is 8.67. The van der Waals surface area contributed by atoms with Gasteiger partial charge in [0, 0.05) is 25.2 Å². The van der Waals surface area contributed by atoms with Crippen molar-refractivity contribution in [3.8, 4) is 0 Å². The Labute approximate surface area is 161 Å². The third-order valence-electron chi connectivity index (χ3n) is 4.94. The molecule has 2 aromatic rings. The highest BCUT2D eigenvalue weighted by atomic mass is 32.2. The number of para-hydroxylation sites is 1. The highest BCUT2D eigenvalue weighted by Gasteiger charge is 2.26. The number of amides is 1. The Morgan fingerprint density at radius 3 is 2.37 bits per heavy atom.